The van der Waals surface area contributed by atoms with E-state index in [1.54, 1.807) is 17.9 Å². The standard InChI is InChI=1S/C5H8N2O/c1-6-5-7(2)3-4-8-5/h3-4H,1-2H3/b6-5-. The smallest absolute Gasteiger partial charge is 0.296 e. The molecule has 1 rings (SSSR count). The molecule has 0 saturated heterocycles. The number of hydrogen-bond donors (Lipinski definition) is 0. The number of hydrogen-bond acceptors (Lipinski definition) is 2. The number of aromatic nitrogens is 1. The summed E-state index contributed by atoms with van der Waals surface area (Å²) >= 11 is 0. The van der Waals surface area contributed by atoms with Gasteiger partial charge in [0.2, 0.25) is 0 Å². The van der Waals surface area contributed by atoms with Crippen molar-refractivity contribution in [2.45, 2.75) is 0 Å². The van der Waals surface area contributed by atoms with Crippen molar-refractivity contribution in [1.82, 2.24) is 4.57 Å². The maximum atomic E-state index is 4.91. The lowest BCUT2D eigenvalue weighted by Crippen LogP contribution is -2.09. The Bertz CT molecular complexity index is 220. The molecule has 0 bridgehead atoms. The third-order valence-corrected chi connectivity index (χ3v) is 0.951. The fraction of sp³-hybridized carbons (Fsp3) is 0.400. The molecule has 0 atom stereocenters. The fourth-order valence-electron chi connectivity index (χ4n) is 0.540. The summed E-state index contributed by atoms with van der Waals surface area (Å²) in [6, 6.07) is 0. The van der Waals surface area contributed by atoms with Crippen LogP contribution in [0.1, 0.15) is 0 Å². The van der Waals surface area contributed by atoms with Crippen LogP contribution in [0.2, 0.25) is 0 Å². The summed E-state index contributed by atoms with van der Waals surface area (Å²) in [5, 5.41) is 0. The highest BCUT2D eigenvalue weighted by Gasteiger charge is 1.82. The zero-order chi connectivity index (χ0) is 5.98. The highest BCUT2D eigenvalue weighted by Crippen LogP contribution is 1.73. The molecular weight excluding hydrogens is 104 g/mol. The van der Waals surface area contributed by atoms with E-state index >= 15 is 0 Å². The minimum absolute atomic E-state index is 0.644. The van der Waals surface area contributed by atoms with E-state index in [2.05, 4.69) is 4.99 Å². The van der Waals surface area contributed by atoms with Crippen LogP contribution in [0.5, 0.6) is 0 Å². The lowest BCUT2D eigenvalue weighted by molar-refractivity contribution is 0.474. The summed E-state index contributed by atoms with van der Waals surface area (Å²) in [4.78, 5) is 3.83. The molecule has 3 heteroatoms. The van der Waals surface area contributed by atoms with Gasteiger partial charge in [-0.05, 0) is 0 Å². The second-order valence-corrected chi connectivity index (χ2v) is 1.52. The van der Waals surface area contributed by atoms with Gasteiger partial charge in [0.05, 0.1) is 0 Å². The number of aryl methyl sites for hydroxylation is 1. The van der Waals surface area contributed by atoms with Crippen molar-refractivity contribution < 1.29 is 4.42 Å². The van der Waals surface area contributed by atoms with E-state index in [0.29, 0.717) is 5.68 Å². The molecule has 0 unspecified atom stereocenters. The van der Waals surface area contributed by atoms with E-state index in [1.807, 2.05) is 13.2 Å². The van der Waals surface area contributed by atoms with Gasteiger partial charge in [0, 0.05) is 20.3 Å². The molecule has 8 heavy (non-hydrogen) atoms. The predicted molar refractivity (Wildman–Crippen MR) is 29.2 cm³/mol. The van der Waals surface area contributed by atoms with E-state index < -0.39 is 0 Å². The van der Waals surface area contributed by atoms with E-state index in [-0.39, 0.29) is 0 Å². The lowest BCUT2D eigenvalue weighted by Gasteiger charge is -1.80. The predicted octanol–water partition coefficient (Wildman–Crippen LogP) is 0.149. The Morgan fingerprint density at radius 3 is 2.75 bits per heavy atom. The second kappa shape index (κ2) is 1.86. The first-order valence-electron chi connectivity index (χ1n) is 2.37. The molecule has 3 nitrogen and oxygen atoms in total. The zero-order valence-electron chi connectivity index (χ0n) is 4.96. The molecule has 0 aliphatic carbocycles. The van der Waals surface area contributed by atoms with Crippen LogP contribution in [0.3, 0.4) is 0 Å². The molecule has 0 saturated carbocycles. The Balaban J connectivity index is 3.31. The number of rotatable bonds is 0. The minimum atomic E-state index is 0.644. The molecule has 0 radical (unpaired) electrons. The molecule has 0 aromatic carbocycles. The van der Waals surface area contributed by atoms with Crippen LogP contribution < -0.4 is 5.68 Å². The van der Waals surface area contributed by atoms with Crippen molar-refractivity contribution in [3.8, 4) is 0 Å². The topological polar surface area (TPSA) is 30.4 Å². The third-order valence-electron chi connectivity index (χ3n) is 0.951. The van der Waals surface area contributed by atoms with Crippen molar-refractivity contribution in [2.24, 2.45) is 12.0 Å². The van der Waals surface area contributed by atoms with E-state index in [1.165, 1.54) is 0 Å². The van der Waals surface area contributed by atoms with Crippen LogP contribution in [0, 0.1) is 0 Å². The Hall–Kier alpha value is -0.990. The van der Waals surface area contributed by atoms with Crippen molar-refractivity contribution in [3.63, 3.8) is 0 Å². The van der Waals surface area contributed by atoms with E-state index in [4.69, 9.17) is 4.42 Å². The van der Waals surface area contributed by atoms with Crippen LogP contribution in [0.4, 0.5) is 0 Å². The molecule has 1 aromatic rings. The van der Waals surface area contributed by atoms with Crippen LogP contribution in [-0.2, 0) is 7.05 Å². The quantitative estimate of drug-likeness (QED) is 0.470. The molecular formula is C5H8N2O. The van der Waals surface area contributed by atoms with Gasteiger partial charge in [-0.1, -0.05) is 0 Å². The van der Waals surface area contributed by atoms with Crippen molar-refractivity contribution >= 4 is 0 Å². The molecule has 0 fully saturated rings. The molecule has 1 heterocycles. The summed E-state index contributed by atoms with van der Waals surface area (Å²) < 4.78 is 6.72. The first kappa shape index (κ1) is 5.15. The van der Waals surface area contributed by atoms with Crippen molar-refractivity contribution in [2.75, 3.05) is 7.05 Å². The molecule has 0 amide bonds. The average molecular weight is 112 g/mol. The van der Waals surface area contributed by atoms with Gasteiger partial charge in [-0.3, -0.25) is 0 Å². The Kier molecular flexibility index (Phi) is 1.20. The molecule has 0 N–H and O–H groups in total. The van der Waals surface area contributed by atoms with E-state index in [9.17, 15) is 0 Å². The maximum Gasteiger partial charge on any atom is 0.296 e. The van der Waals surface area contributed by atoms with Gasteiger partial charge in [-0.2, -0.15) is 0 Å². The Morgan fingerprint density at radius 2 is 2.50 bits per heavy atom. The maximum absolute atomic E-state index is 4.91. The van der Waals surface area contributed by atoms with Gasteiger partial charge in [-0.25, -0.2) is 4.99 Å². The zero-order valence-corrected chi connectivity index (χ0v) is 4.96. The van der Waals surface area contributed by atoms with Crippen molar-refractivity contribution in [1.29, 1.82) is 0 Å². The van der Waals surface area contributed by atoms with Crippen molar-refractivity contribution in [3.05, 3.63) is 18.1 Å². The molecule has 0 spiro atoms. The molecule has 44 valence electrons. The summed E-state index contributed by atoms with van der Waals surface area (Å²) in [5.74, 6) is 0. The van der Waals surface area contributed by atoms with Gasteiger partial charge in [0.15, 0.2) is 0 Å². The van der Waals surface area contributed by atoms with Crippen LogP contribution in [0.25, 0.3) is 0 Å². The van der Waals surface area contributed by atoms with E-state index in [0.717, 1.165) is 0 Å². The largest absolute Gasteiger partial charge is 0.432 e. The highest BCUT2D eigenvalue weighted by atomic mass is 16.3. The first-order chi connectivity index (χ1) is 3.84. The number of oxazole rings is 1. The summed E-state index contributed by atoms with van der Waals surface area (Å²) in [6.07, 6.45) is 3.41. The van der Waals surface area contributed by atoms with Crippen LogP contribution >= 0.6 is 0 Å². The molecule has 0 aliphatic rings. The first-order valence-corrected chi connectivity index (χ1v) is 2.37. The van der Waals surface area contributed by atoms with Crippen LogP contribution in [-0.4, -0.2) is 11.6 Å². The van der Waals surface area contributed by atoms with Gasteiger partial charge in [0.25, 0.3) is 5.68 Å². The number of nitrogens with zero attached hydrogens (tertiary/aromatic N) is 2. The average Bonchev–Trinajstić information content (AvgIpc) is 2.14. The minimum Gasteiger partial charge on any atom is -0.432 e. The SMILES string of the molecule is C/N=c1\occn1C. The molecule has 1 aromatic heterocycles. The Morgan fingerprint density at radius 1 is 1.75 bits per heavy atom. The monoisotopic (exact) mass is 112 g/mol. The fourth-order valence-corrected chi connectivity index (χ4v) is 0.540. The molecule has 0 aliphatic heterocycles. The van der Waals surface area contributed by atoms with Gasteiger partial charge >= 0.3 is 0 Å². The summed E-state index contributed by atoms with van der Waals surface area (Å²) in [5.41, 5.74) is 0.644. The second-order valence-electron chi connectivity index (χ2n) is 1.52. The van der Waals surface area contributed by atoms with Gasteiger partial charge in [0.1, 0.15) is 6.26 Å². The van der Waals surface area contributed by atoms with Gasteiger partial charge in [-0.15, -0.1) is 0 Å². The Labute approximate surface area is 47.3 Å². The van der Waals surface area contributed by atoms with Crippen LogP contribution in [0.15, 0.2) is 21.9 Å². The highest BCUT2D eigenvalue weighted by molar-refractivity contribution is 4.64. The summed E-state index contributed by atoms with van der Waals surface area (Å²) in [7, 11) is 3.57. The normalized spacial score (nSPS) is 12.5. The lowest BCUT2D eigenvalue weighted by atomic mass is 10.9. The summed E-state index contributed by atoms with van der Waals surface area (Å²) in [6.45, 7) is 0. The third kappa shape index (κ3) is 0.665. The van der Waals surface area contributed by atoms with Gasteiger partial charge < -0.3 is 8.98 Å².